The third kappa shape index (κ3) is 6.43. The molecule has 2 amide bonds. The third-order valence-electron chi connectivity index (χ3n) is 6.32. The van der Waals surface area contributed by atoms with Crippen molar-refractivity contribution in [2.24, 2.45) is 11.8 Å². The number of nitrogens with one attached hydrogen (secondary N) is 1. The zero-order chi connectivity index (χ0) is 23.3. The number of nitrogens with zero attached hydrogens (tertiary/aromatic N) is 2. The number of ether oxygens (including phenoxy) is 3. The van der Waals surface area contributed by atoms with E-state index >= 15 is 0 Å². The number of likely N-dealkylation sites (N-methyl/N-ethyl adjacent to an activating group) is 1. The first-order chi connectivity index (χ1) is 15.3. The van der Waals surface area contributed by atoms with Crippen LogP contribution in [0.15, 0.2) is 18.2 Å². The van der Waals surface area contributed by atoms with Crippen LogP contribution >= 0.6 is 0 Å². The number of amides is 2. The predicted molar refractivity (Wildman–Crippen MR) is 123 cm³/mol. The molecule has 32 heavy (non-hydrogen) atoms. The fourth-order valence-corrected chi connectivity index (χ4v) is 4.14. The largest absolute Gasteiger partial charge is 0.491 e. The molecule has 0 aromatic heterocycles. The van der Waals surface area contributed by atoms with Gasteiger partial charge in [-0.1, -0.05) is 6.92 Å². The van der Waals surface area contributed by atoms with Gasteiger partial charge >= 0.3 is 0 Å². The van der Waals surface area contributed by atoms with Crippen molar-refractivity contribution in [3.63, 3.8) is 0 Å². The quantitative estimate of drug-likeness (QED) is 0.722. The van der Waals surface area contributed by atoms with E-state index in [4.69, 9.17) is 14.2 Å². The highest BCUT2D eigenvalue weighted by molar-refractivity contribution is 5.99. The number of rotatable bonds is 6. The molecule has 1 saturated carbocycles. The van der Waals surface area contributed by atoms with Crippen molar-refractivity contribution in [1.82, 2.24) is 9.80 Å². The molecule has 1 aliphatic carbocycles. The molecule has 0 spiro atoms. The summed E-state index contributed by atoms with van der Waals surface area (Å²) in [5, 5.41) is 2.76. The molecule has 1 aliphatic heterocycles. The van der Waals surface area contributed by atoms with Crippen molar-refractivity contribution in [2.75, 3.05) is 59.4 Å². The van der Waals surface area contributed by atoms with Crippen LogP contribution in [0.4, 0.5) is 5.69 Å². The second kappa shape index (κ2) is 11.1. The summed E-state index contributed by atoms with van der Waals surface area (Å²) in [7, 11) is 4.95. The number of benzene rings is 1. The van der Waals surface area contributed by atoms with E-state index < -0.39 is 0 Å². The van der Waals surface area contributed by atoms with Gasteiger partial charge in [0.25, 0.3) is 5.91 Å². The highest BCUT2D eigenvalue weighted by atomic mass is 16.5. The van der Waals surface area contributed by atoms with Gasteiger partial charge in [0.1, 0.15) is 19.0 Å². The van der Waals surface area contributed by atoms with Gasteiger partial charge in [0, 0.05) is 52.6 Å². The van der Waals surface area contributed by atoms with Gasteiger partial charge in [0.2, 0.25) is 5.91 Å². The third-order valence-corrected chi connectivity index (χ3v) is 6.32. The summed E-state index contributed by atoms with van der Waals surface area (Å²) in [5.74, 6) is 1.11. The van der Waals surface area contributed by atoms with E-state index in [0.717, 1.165) is 19.0 Å². The lowest BCUT2D eigenvalue weighted by molar-refractivity contribution is -0.119. The van der Waals surface area contributed by atoms with Crippen molar-refractivity contribution in [2.45, 2.75) is 38.8 Å². The summed E-state index contributed by atoms with van der Waals surface area (Å²) in [5.41, 5.74) is 0.954. The van der Waals surface area contributed by atoms with Gasteiger partial charge in [-0.05, 0) is 49.8 Å². The van der Waals surface area contributed by atoms with Crippen molar-refractivity contribution < 1.29 is 23.8 Å². The number of carbonyl (C=O) groups is 2. The number of methoxy groups -OCH3 is 2. The number of carbonyl (C=O) groups excluding carboxylic acids is 2. The minimum atomic E-state index is -0.278. The average molecular weight is 448 g/mol. The SMILES string of the molecule is COCC(=O)Nc1ccc2c(c1)C(=O)N(C)C[C@@H](OC)[C@H](C)CN(CC1CC1)[C@@H](C)CO2. The molecule has 0 radical (unpaired) electrons. The van der Waals surface area contributed by atoms with Crippen LogP contribution in [0.1, 0.15) is 37.0 Å². The molecule has 3 atom stereocenters. The Bertz CT molecular complexity index is 798. The molecular formula is C24H37N3O5. The molecule has 1 fully saturated rings. The van der Waals surface area contributed by atoms with E-state index in [0.29, 0.717) is 30.2 Å². The average Bonchev–Trinajstić information content (AvgIpc) is 3.58. The molecule has 8 heteroatoms. The van der Waals surface area contributed by atoms with Gasteiger partial charge in [-0.15, -0.1) is 0 Å². The Morgan fingerprint density at radius 1 is 1.22 bits per heavy atom. The molecular weight excluding hydrogens is 410 g/mol. The molecule has 8 nitrogen and oxygen atoms in total. The van der Waals surface area contributed by atoms with Crippen LogP contribution < -0.4 is 10.1 Å². The lowest BCUT2D eigenvalue weighted by Gasteiger charge is -2.36. The maximum atomic E-state index is 13.3. The Morgan fingerprint density at radius 3 is 2.62 bits per heavy atom. The zero-order valence-electron chi connectivity index (χ0n) is 19.9. The summed E-state index contributed by atoms with van der Waals surface area (Å²) in [6, 6.07) is 5.38. The molecule has 1 aromatic rings. The standard InChI is InChI=1S/C24H37N3O5/c1-16-11-27(12-18-6-7-18)17(2)14-32-21-9-8-19(25-23(28)15-30-4)10-20(21)24(29)26(3)13-22(16)31-5/h8-10,16-18,22H,6-7,11-15H2,1-5H3,(H,25,28)/t16-,17+,22-/m1/s1. The fourth-order valence-electron chi connectivity index (χ4n) is 4.14. The molecule has 0 unspecified atom stereocenters. The smallest absolute Gasteiger partial charge is 0.257 e. The molecule has 1 aromatic carbocycles. The number of hydrogen-bond acceptors (Lipinski definition) is 6. The number of fused-ring (bicyclic) bond motifs is 1. The molecule has 178 valence electrons. The Labute approximate surface area is 191 Å². The number of hydrogen-bond donors (Lipinski definition) is 1. The van der Waals surface area contributed by atoms with Crippen LogP contribution in [-0.2, 0) is 14.3 Å². The summed E-state index contributed by atoms with van der Waals surface area (Å²) in [4.78, 5) is 29.4. The van der Waals surface area contributed by atoms with Crippen LogP contribution in [0, 0.1) is 11.8 Å². The normalized spacial score (nSPS) is 25.3. The van der Waals surface area contributed by atoms with Crippen LogP contribution in [0.5, 0.6) is 5.75 Å². The van der Waals surface area contributed by atoms with E-state index in [1.54, 1.807) is 37.3 Å². The van der Waals surface area contributed by atoms with Gasteiger partial charge in [-0.3, -0.25) is 14.5 Å². The Kier molecular flexibility index (Phi) is 8.51. The van der Waals surface area contributed by atoms with Crippen molar-refractivity contribution in [1.29, 1.82) is 0 Å². The van der Waals surface area contributed by atoms with Crippen molar-refractivity contribution >= 4 is 17.5 Å². The first kappa shape index (κ1) is 24.5. The van der Waals surface area contributed by atoms with E-state index in [1.807, 2.05) is 0 Å². The van der Waals surface area contributed by atoms with Crippen LogP contribution in [0.2, 0.25) is 0 Å². The van der Waals surface area contributed by atoms with E-state index in [2.05, 4.69) is 24.1 Å². The summed E-state index contributed by atoms with van der Waals surface area (Å²) in [6.07, 6.45) is 2.51. The highest BCUT2D eigenvalue weighted by Gasteiger charge is 2.31. The van der Waals surface area contributed by atoms with Crippen molar-refractivity contribution in [3.8, 4) is 5.75 Å². The topological polar surface area (TPSA) is 80.3 Å². The molecule has 1 N–H and O–H groups in total. The molecule has 0 saturated heterocycles. The monoisotopic (exact) mass is 447 g/mol. The van der Waals surface area contributed by atoms with Crippen LogP contribution in [0.25, 0.3) is 0 Å². The van der Waals surface area contributed by atoms with E-state index in [1.165, 1.54) is 20.0 Å². The minimum absolute atomic E-state index is 0.0524. The highest BCUT2D eigenvalue weighted by Crippen LogP contribution is 2.31. The Hall–Kier alpha value is -2.16. The van der Waals surface area contributed by atoms with Crippen LogP contribution in [0.3, 0.4) is 0 Å². The molecule has 1 heterocycles. The lowest BCUT2D eigenvalue weighted by Crippen LogP contribution is -2.47. The maximum Gasteiger partial charge on any atom is 0.257 e. The summed E-state index contributed by atoms with van der Waals surface area (Å²) < 4.78 is 16.8. The molecule has 3 rings (SSSR count). The van der Waals surface area contributed by atoms with Crippen LogP contribution in [-0.4, -0.2) is 87.9 Å². The number of anilines is 1. The first-order valence-electron chi connectivity index (χ1n) is 11.4. The van der Waals surface area contributed by atoms with Crippen molar-refractivity contribution in [3.05, 3.63) is 23.8 Å². The van der Waals surface area contributed by atoms with Gasteiger partial charge < -0.3 is 24.4 Å². The predicted octanol–water partition coefficient (Wildman–Crippen LogP) is 2.49. The molecule has 0 bridgehead atoms. The maximum absolute atomic E-state index is 13.3. The zero-order valence-corrected chi connectivity index (χ0v) is 19.9. The minimum Gasteiger partial charge on any atom is -0.491 e. The van der Waals surface area contributed by atoms with Gasteiger partial charge in [0.15, 0.2) is 0 Å². The van der Waals surface area contributed by atoms with Gasteiger partial charge in [0.05, 0.1) is 11.7 Å². The fraction of sp³-hybridized carbons (Fsp3) is 0.667. The summed E-state index contributed by atoms with van der Waals surface area (Å²) in [6.45, 7) is 7.23. The second-order valence-corrected chi connectivity index (χ2v) is 9.19. The van der Waals surface area contributed by atoms with E-state index in [-0.39, 0.29) is 36.5 Å². The molecule has 2 aliphatic rings. The Balaban J connectivity index is 1.89. The lowest BCUT2D eigenvalue weighted by atomic mass is 10.0. The Morgan fingerprint density at radius 2 is 1.97 bits per heavy atom. The van der Waals surface area contributed by atoms with E-state index in [9.17, 15) is 9.59 Å². The first-order valence-corrected chi connectivity index (χ1v) is 11.4. The van der Waals surface area contributed by atoms with Gasteiger partial charge in [-0.25, -0.2) is 0 Å². The second-order valence-electron chi connectivity index (χ2n) is 9.19. The van der Waals surface area contributed by atoms with Gasteiger partial charge in [-0.2, -0.15) is 0 Å². The summed E-state index contributed by atoms with van der Waals surface area (Å²) >= 11 is 0.